The van der Waals surface area contributed by atoms with E-state index in [2.05, 4.69) is 52.6 Å². The molecular formula is C26H25N5. The van der Waals surface area contributed by atoms with Crippen molar-refractivity contribution in [3.63, 3.8) is 0 Å². The molecule has 1 fully saturated rings. The van der Waals surface area contributed by atoms with E-state index in [0.717, 1.165) is 59.7 Å². The molecule has 0 bridgehead atoms. The average molecular weight is 408 g/mol. The summed E-state index contributed by atoms with van der Waals surface area (Å²) in [7, 11) is 0. The van der Waals surface area contributed by atoms with E-state index in [1.165, 1.54) is 5.56 Å². The van der Waals surface area contributed by atoms with Crippen LogP contribution in [0.25, 0.3) is 27.9 Å². The molecule has 2 N–H and O–H groups in total. The van der Waals surface area contributed by atoms with Crippen LogP contribution in [-0.4, -0.2) is 28.5 Å². The highest BCUT2D eigenvalue weighted by atomic mass is 15.2. The van der Waals surface area contributed by atoms with Crippen molar-refractivity contribution < 1.29 is 0 Å². The van der Waals surface area contributed by atoms with Crippen LogP contribution in [0.1, 0.15) is 24.0 Å². The van der Waals surface area contributed by atoms with Gasteiger partial charge in [0, 0.05) is 37.1 Å². The molecule has 0 amide bonds. The number of nitrogens with zero attached hydrogens (tertiary/aromatic N) is 4. The number of anilines is 1. The Hall–Kier alpha value is -3.62. The first-order chi connectivity index (χ1) is 15.1. The summed E-state index contributed by atoms with van der Waals surface area (Å²) in [4.78, 5) is 7.11. The van der Waals surface area contributed by atoms with Crippen molar-refractivity contribution in [2.45, 2.75) is 25.8 Å². The van der Waals surface area contributed by atoms with E-state index in [4.69, 9.17) is 10.7 Å². The minimum absolute atomic E-state index is 0.278. The van der Waals surface area contributed by atoms with Crippen LogP contribution in [0.2, 0.25) is 0 Å². The Morgan fingerprint density at radius 3 is 2.35 bits per heavy atom. The molecule has 5 nitrogen and oxygen atoms in total. The molecule has 3 heterocycles. The van der Waals surface area contributed by atoms with Crippen molar-refractivity contribution in [1.82, 2.24) is 9.38 Å². The van der Waals surface area contributed by atoms with Crippen LogP contribution < -0.4 is 10.6 Å². The number of nitrogens with two attached hydrogens (primary N) is 1. The highest BCUT2D eigenvalue weighted by Gasteiger charge is 2.22. The summed E-state index contributed by atoms with van der Waals surface area (Å²) in [6.07, 6.45) is 5.89. The predicted molar refractivity (Wildman–Crippen MR) is 125 cm³/mol. The molecule has 5 heteroatoms. The summed E-state index contributed by atoms with van der Waals surface area (Å²) < 4.78 is 2.25. The van der Waals surface area contributed by atoms with Crippen molar-refractivity contribution in [2.75, 3.05) is 18.0 Å². The van der Waals surface area contributed by atoms with Gasteiger partial charge >= 0.3 is 0 Å². The van der Waals surface area contributed by atoms with Crippen molar-refractivity contribution in [3.8, 4) is 28.5 Å². The highest BCUT2D eigenvalue weighted by Crippen LogP contribution is 2.38. The maximum atomic E-state index is 9.19. The molecule has 2 aromatic heterocycles. The fourth-order valence-electron chi connectivity index (χ4n) is 4.39. The van der Waals surface area contributed by atoms with Gasteiger partial charge in [-0.15, -0.1) is 0 Å². The normalized spacial score (nSPS) is 14.7. The summed E-state index contributed by atoms with van der Waals surface area (Å²) in [5.74, 6) is 1.00. The molecule has 0 saturated carbocycles. The summed E-state index contributed by atoms with van der Waals surface area (Å²) in [5.41, 5.74) is 13.6. The van der Waals surface area contributed by atoms with E-state index in [1.807, 2.05) is 36.7 Å². The third-order valence-electron chi connectivity index (χ3n) is 6.17. The molecule has 1 saturated heterocycles. The Bertz CT molecular complexity index is 1250. The molecule has 0 unspecified atom stereocenters. The number of fused-ring (bicyclic) bond motifs is 1. The van der Waals surface area contributed by atoms with Crippen molar-refractivity contribution in [3.05, 3.63) is 78.1 Å². The number of benzene rings is 2. The number of hydrogen-bond acceptors (Lipinski definition) is 4. The molecule has 0 aliphatic carbocycles. The van der Waals surface area contributed by atoms with Crippen LogP contribution in [-0.2, 0) is 0 Å². The second-order valence-electron chi connectivity index (χ2n) is 8.29. The topological polar surface area (TPSA) is 70.3 Å². The van der Waals surface area contributed by atoms with Gasteiger partial charge in [-0.1, -0.05) is 42.0 Å². The van der Waals surface area contributed by atoms with Gasteiger partial charge in [-0.25, -0.2) is 4.98 Å². The summed E-state index contributed by atoms with van der Waals surface area (Å²) >= 11 is 0. The van der Waals surface area contributed by atoms with E-state index in [0.29, 0.717) is 5.56 Å². The predicted octanol–water partition coefficient (Wildman–Crippen LogP) is 4.78. The van der Waals surface area contributed by atoms with Crippen LogP contribution in [0.15, 0.2) is 67.0 Å². The monoisotopic (exact) mass is 407 g/mol. The molecule has 5 rings (SSSR count). The average Bonchev–Trinajstić information content (AvgIpc) is 3.20. The van der Waals surface area contributed by atoms with Gasteiger partial charge in [-0.3, -0.25) is 0 Å². The largest absolute Gasteiger partial charge is 0.355 e. The Balaban J connectivity index is 1.72. The second kappa shape index (κ2) is 7.90. The van der Waals surface area contributed by atoms with Crippen LogP contribution in [0.3, 0.4) is 0 Å². The summed E-state index contributed by atoms with van der Waals surface area (Å²) in [5, 5.41) is 9.19. The minimum atomic E-state index is 0.278. The lowest BCUT2D eigenvalue weighted by molar-refractivity contribution is 0.499. The SMILES string of the molecule is Cc1ccc(-c2c(-c3ccc(C#N)cc3)cc3c(N4CCC(N)CC4)nccn23)cc1. The number of aryl methyl sites for hydroxylation is 1. The number of nitriles is 1. The zero-order chi connectivity index (χ0) is 21.4. The third-order valence-corrected chi connectivity index (χ3v) is 6.17. The standard InChI is InChI=1S/C26H25N5/c1-18-2-6-21(7-3-18)25-23(20-8-4-19(17-27)5-9-20)16-24-26(29-12-15-31(24)25)30-13-10-22(28)11-14-30/h2-9,12,15-16,22H,10-11,13-14,28H2,1H3. The Labute approximate surface area is 182 Å². The van der Waals surface area contributed by atoms with E-state index in [9.17, 15) is 5.26 Å². The van der Waals surface area contributed by atoms with Gasteiger partial charge < -0.3 is 15.0 Å². The fraction of sp³-hybridized carbons (Fsp3) is 0.231. The van der Waals surface area contributed by atoms with E-state index in [1.54, 1.807) is 0 Å². The summed E-state index contributed by atoms with van der Waals surface area (Å²) in [6, 6.07) is 21.2. The zero-order valence-electron chi connectivity index (χ0n) is 17.6. The van der Waals surface area contributed by atoms with E-state index in [-0.39, 0.29) is 6.04 Å². The first-order valence-corrected chi connectivity index (χ1v) is 10.7. The number of rotatable bonds is 3. The third kappa shape index (κ3) is 3.56. The molecule has 1 aliphatic heterocycles. The van der Waals surface area contributed by atoms with E-state index >= 15 is 0 Å². The number of aromatic nitrogens is 2. The molecular weight excluding hydrogens is 382 g/mol. The lowest BCUT2D eigenvalue weighted by atomic mass is 10.00. The Morgan fingerprint density at radius 2 is 1.68 bits per heavy atom. The van der Waals surface area contributed by atoms with Crippen LogP contribution in [0.5, 0.6) is 0 Å². The van der Waals surface area contributed by atoms with Gasteiger partial charge in [0.2, 0.25) is 0 Å². The summed E-state index contributed by atoms with van der Waals surface area (Å²) in [6.45, 7) is 3.95. The van der Waals surface area contributed by atoms with Gasteiger partial charge in [-0.05, 0) is 49.1 Å². The smallest absolute Gasteiger partial charge is 0.152 e. The maximum Gasteiger partial charge on any atom is 0.152 e. The molecule has 31 heavy (non-hydrogen) atoms. The van der Waals surface area contributed by atoms with Crippen molar-refractivity contribution >= 4 is 11.3 Å². The quantitative estimate of drug-likeness (QED) is 0.531. The molecule has 0 spiro atoms. The van der Waals surface area contributed by atoms with Gasteiger partial charge in [0.15, 0.2) is 5.82 Å². The fourth-order valence-corrected chi connectivity index (χ4v) is 4.39. The Kier molecular flexibility index (Phi) is 4.93. The van der Waals surface area contributed by atoms with Gasteiger partial charge in [0.25, 0.3) is 0 Å². The molecule has 2 aromatic carbocycles. The maximum absolute atomic E-state index is 9.19. The molecule has 0 atom stereocenters. The van der Waals surface area contributed by atoms with Crippen LogP contribution >= 0.6 is 0 Å². The Morgan fingerprint density at radius 1 is 1.00 bits per heavy atom. The van der Waals surface area contributed by atoms with Crippen LogP contribution in [0.4, 0.5) is 5.82 Å². The van der Waals surface area contributed by atoms with Gasteiger partial charge in [0.1, 0.15) is 0 Å². The van der Waals surface area contributed by atoms with Gasteiger partial charge in [0.05, 0.1) is 22.8 Å². The number of hydrogen-bond donors (Lipinski definition) is 1. The highest BCUT2D eigenvalue weighted by molar-refractivity contribution is 5.90. The second-order valence-corrected chi connectivity index (χ2v) is 8.29. The molecule has 4 aromatic rings. The van der Waals surface area contributed by atoms with E-state index < -0.39 is 0 Å². The van der Waals surface area contributed by atoms with Crippen molar-refractivity contribution in [2.24, 2.45) is 5.73 Å². The lowest BCUT2D eigenvalue weighted by Crippen LogP contribution is -2.40. The van der Waals surface area contributed by atoms with Crippen molar-refractivity contribution in [1.29, 1.82) is 5.26 Å². The lowest BCUT2D eigenvalue weighted by Gasteiger charge is -2.31. The zero-order valence-corrected chi connectivity index (χ0v) is 17.6. The molecule has 1 aliphatic rings. The van der Waals surface area contributed by atoms with Crippen LogP contribution in [0, 0.1) is 18.3 Å². The minimum Gasteiger partial charge on any atom is -0.355 e. The molecule has 154 valence electrons. The molecule has 0 radical (unpaired) electrons. The number of piperidine rings is 1. The first kappa shape index (κ1) is 19.3. The van der Waals surface area contributed by atoms with Gasteiger partial charge in [-0.2, -0.15) is 5.26 Å². The first-order valence-electron chi connectivity index (χ1n) is 10.7.